The minimum Gasteiger partial charge on any atom is -0.350 e. The van der Waals surface area contributed by atoms with Gasteiger partial charge in [-0.2, -0.15) is 13.2 Å². The summed E-state index contributed by atoms with van der Waals surface area (Å²) in [5, 5.41) is 6.89. The molecule has 1 aliphatic rings. The van der Waals surface area contributed by atoms with Crippen LogP contribution in [0.1, 0.15) is 30.0 Å². The number of hydrogen-bond donors (Lipinski definition) is 1. The van der Waals surface area contributed by atoms with E-state index in [1.807, 2.05) is 0 Å². The second-order valence-corrected chi connectivity index (χ2v) is 8.24. The lowest BCUT2D eigenvalue weighted by atomic mass is 10.1. The standard InChI is InChI=1S/C21H17Cl2F3N4O2/c22-14-6-4-12(5-7-14)19-28-29(20(32)30(19)15-8-9-15)11-17(31)27-10-13-2-1-3-16(18(13)23)21(24,25)26/h1-7,15H,8-11H2,(H,27,31). The van der Waals surface area contributed by atoms with Crippen molar-refractivity contribution in [1.82, 2.24) is 19.7 Å². The van der Waals surface area contributed by atoms with E-state index in [0.717, 1.165) is 23.6 Å². The van der Waals surface area contributed by atoms with Crippen molar-refractivity contribution in [1.29, 1.82) is 0 Å². The van der Waals surface area contributed by atoms with Crippen molar-refractivity contribution in [3.63, 3.8) is 0 Å². The van der Waals surface area contributed by atoms with E-state index in [4.69, 9.17) is 23.2 Å². The highest BCUT2D eigenvalue weighted by atomic mass is 35.5. The van der Waals surface area contributed by atoms with Gasteiger partial charge < -0.3 is 5.32 Å². The molecule has 1 N–H and O–H groups in total. The zero-order chi connectivity index (χ0) is 23.0. The lowest BCUT2D eigenvalue weighted by molar-refractivity contribution is -0.137. The van der Waals surface area contributed by atoms with Crippen molar-refractivity contribution in [2.24, 2.45) is 0 Å². The SMILES string of the molecule is O=C(Cn1nc(-c2ccc(Cl)cc2)n(C2CC2)c1=O)NCc1cccc(C(F)(F)F)c1Cl. The van der Waals surface area contributed by atoms with Crippen LogP contribution in [0, 0.1) is 0 Å². The first kappa shape index (κ1) is 22.4. The third-order valence-corrected chi connectivity index (χ3v) is 5.74. The van der Waals surface area contributed by atoms with E-state index >= 15 is 0 Å². The topological polar surface area (TPSA) is 68.9 Å². The lowest BCUT2D eigenvalue weighted by Crippen LogP contribution is -2.33. The van der Waals surface area contributed by atoms with Crippen molar-refractivity contribution in [3.8, 4) is 11.4 Å². The van der Waals surface area contributed by atoms with Crippen LogP contribution >= 0.6 is 23.2 Å². The Morgan fingerprint density at radius 2 is 1.81 bits per heavy atom. The zero-order valence-corrected chi connectivity index (χ0v) is 18.0. The van der Waals surface area contributed by atoms with Crippen molar-refractivity contribution in [2.45, 2.75) is 38.1 Å². The number of carbonyl (C=O) groups is 1. The molecule has 1 heterocycles. The molecule has 1 aromatic heterocycles. The number of rotatable bonds is 6. The van der Waals surface area contributed by atoms with Gasteiger partial charge in [0.1, 0.15) is 6.54 Å². The van der Waals surface area contributed by atoms with Crippen LogP contribution in [0.5, 0.6) is 0 Å². The van der Waals surface area contributed by atoms with E-state index in [1.54, 1.807) is 28.8 Å². The zero-order valence-electron chi connectivity index (χ0n) is 16.5. The Morgan fingerprint density at radius 1 is 1.12 bits per heavy atom. The summed E-state index contributed by atoms with van der Waals surface area (Å²) in [4.78, 5) is 25.3. The summed E-state index contributed by atoms with van der Waals surface area (Å²) in [5.41, 5.74) is -0.594. The monoisotopic (exact) mass is 484 g/mol. The number of carbonyl (C=O) groups excluding carboxylic acids is 1. The number of halogens is 5. The van der Waals surface area contributed by atoms with Crippen molar-refractivity contribution in [2.75, 3.05) is 0 Å². The van der Waals surface area contributed by atoms with Crippen LogP contribution < -0.4 is 11.0 Å². The summed E-state index contributed by atoms with van der Waals surface area (Å²) < 4.78 is 41.6. The molecule has 1 amide bonds. The largest absolute Gasteiger partial charge is 0.417 e. The molecule has 0 spiro atoms. The Balaban J connectivity index is 1.52. The van der Waals surface area contributed by atoms with E-state index < -0.39 is 28.4 Å². The molecular weight excluding hydrogens is 468 g/mol. The summed E-state index contributed by atoms with van der Waals surface area (Å²) in [5.74, 6) is -0.147. The molecule has 1 saturated carbocycles. The van der Waals surface area contributed by atoms with Gasteiger partial charge in [0.2, 0.25) is 5.91 Å². The van der Waals surface area contributed by atoms with Gasteiger partial charge in [-0.15, -0.1) is 5.10 Å². The molecule has 2 aromatic carbocycles. The third-order valence-electron chi connectivity index (χ3n) is 5.04. The highest BCUT2D eigenvalue weighted by Gasteiger charge is 2.34. The number of benzene rings is 2. The number of hydrogen-bond acceptors (Lipinski definition) is 3. The van der Waals surface area contributed by atoms with E-state index in [1.165, 1.54) is 12.1 Å². The fourth-order valence-corrected chi connectivity index (χ4v) is 3.73. The number of nitrogens with one attached hydrogen (secondary N) is 1. The molecule has 0 bridgehead atoms. The maximum absolute atomic E-state index is 13.0. The molecule has 11 heteroatoms. The molecular formula is C21H17Cl2F3N4O2. The number of amides is 1. The van der Waals surface area contributed by atoms with E-state index in [0.29, 0.717) is 16.4 Å². The van der Waals surface area contributed by atoms with E-state index in [2.05, 4.69) is 10.4 Å². The summed E-state index contributed by atoms with van der Waals surface area (Å²) in [6.45, 7) is -0.598. The van der Waals surface area contributed by atoms with Crippen LogP contribution in [0.4, 0.5) is 13.2 Å². The molecule has 3 aromatic rings. The molecule has 0 atom stereocenters. The first-order valence-corrected chi connectivity index (χ1v) is 10.5. The molecule has 0 radical (unpaired) electrons. The molecule has 0 unspecified atom stereocenters. The Morgan fingerprint density at radius 3 is 2.44 bits per heavy atom. The van der Waals surface area contributed by atoms with Crippen molar-refractivity contribution < 1.29 is 18.0 Å². The van der Waals surface area contributed by atoms with Gasteiger partial charge in [-0.3, -0.25) is 9.36 Å². The predicted molar refractivity (Wildman–Crippen MR) is 114 cm³/mol. The fourth-order valence-electron chi connectivity index (χ4n) is 3.30. The second kappa shape index (κ2) is 8.63. The lowest BCUT2D eigenvalue weighted by Gasteiger charge is -2.12. The number of alkyl halides is 3. The van der Waals surface area contributed by atoms with Gasteiger partial charge in [0.15, 0.2) is 5.82 Å². The van der Waals surface area contributed by atoms with Gasteiger partial charge in [-0.25, -0.2) is 9.48 Å². The average molecular weight is 485 g/mol. The molecule has 6 nitrogen and oxygen atoms in total. The smallest absolute Gasteiger partial charge is 0.350 e. The van der Waals surface area contributed by atoms with Gasteiger partial charge in [0.25, 0.3) is 0 Å². The number of aromatic nitrogens is 3. The Bertz CT molecular complexity index is 1220. The van der Waals surface area contributed by atoms with Gasteiger partial charge in [0.05, 0.1) is 10.6 Å². The van der Waals surface area contributed by atoms with Crippen LogP contribution in [-0.4, -0.2) is 20.3 Å². The fraction of sp³-hybridized carbons (Fsp3) is 0.286. The Kier molecular flexibility index (Phi) is 6.05. The van der Waals surface area contributed by atoms with Crippen molar-refractivity contribution >= 4 is 29.1 Å². The van der Waals surface area contributed by atoms with Crippen molar-refractivity contribution in [3.05, 3.63) is 74.1 Å². The minimum atomic E-state index is -4.60. The average Bonchev–Trinajstić information content (AvgIpc) is 3.51. The van der Waals surface area contributed by atoms with E-state index in [9.17, 15) is 22.8 Å². The maximum atomic E-state index is 13.0. The van der Waals surface area contributed by atoms with Crippen LogP contribution in [-0.2, 0) is 24.1 Å². The van der Waals surface area contributed by atoms with Crippen LogP contribution in [0.2, 0.25) is 10.0 Å². The summed E-state index contributed by atoms with van der Waals surface area (Å²) in [6.07, 6.45) is -2.92. The summed E-state index contributed by atoms with van der Waals surface area (Å²) in [7, 11) is 0. The summed E-state index contributed by atoms with van der Waals surface area (Å²) in [6, 6.07) is 10.4. The third kappa shape index (κ3) is 4.68. The maximum Gasteiger partial charge on any atom is 0.417 e. The van der Waals surface area contributed by atoms with Crippen LogP contribution in [0.3, 0.4) is 0 Å². The summed E-state index contributed by atoms with van der Waals surface area (Å²) >= 11 is 11.8. The minimum absolute atomic E-state index is 0.0221. The second-order valence-electron chi connectivity index (χ2n) is 7.43. The number of nitrogens with zero attached hydrogens (tertiary/aromatic N) is 3. The van der Waals surface area contributed by atoms with E-state index in [-0.39, 0.29) is 24.7 Å². The highest BCUT2D eigenvalue weighted by molar-refractivity contribution is 6.32. The van der Waals surface area contributed by atoms with Gasteiger partial charge >= 0.3 is 11.9 Å². The van der Waals surface area contributed by atoms with Crippen LogP contribution in [0.15, 0.2) is 47.3 Å². The quantitative estimate of drug-likeness (QED) is 0.551. The molecule has 1 aliphatic carbocycles. The molecule has 1 fully saturated rings. The molecule has 0 aliphatic heterocycles. The predicted octanol–water partition coefficient (Wildman–Crippen LogP) is 4.69. The van der Waals surface area contributed by atoms with Gasteiger partial charge in [0, 0.05) is 23.2 Å². The normalized spacial score (nSPS) is 13.9. The molecule has 32 heavy (non-hydrogen) atoms. The molecule has 4 rings (SSSR count). The van der Waals surface area contributed by atoms with Gasteiger partial charge in [-0.1, -0.05) is 35.3 Å². The molecule has 168 valence electrons. The van der Waals surface area contributed by atoms with Gasteiger partial charge in [-0.05, 0) is 48.7 Å². The van der Waals surface area contributed by atoms with Crippen LogP contribution in [0.25, 0.3) is 11.4 Å². The Hall–Kier alpha value is -2.78. The highest BCUT2D eigenvalue weighted by Crippen LogP contribution is 2.37. The first-order valence-electron chi connectivity index (χ1n) is 9.71. The Labute approximate surface area is 190 Å². The molecule has 0 saturated heterocycles. The first-order chi connectivity index (χ1) is 15.1.